The van der Waals surface area contributed by atoms with E-state index in [1.165, 1.54) is 5.56 Å². The van der Waals surface area contributed by atoms with Crippen molar-refractivity contribution < 1.29 is 5.11 Å². The fraction of sp³-hybridized carbons (Fsp3) is 0.615. The summed E-state index contributed by atoms with van der Waals surface area (Å²) in [5.74, 6) is 0.897. The van der Waals surface area contributed by atoms with Gasteiger partial charge in [0.2, 0.25) is 0 Å². The summed E-state index contributed by atoms with van der Waals surface area (Å²) in [6.07, 6.45) is 2.65. The summed E-state index contributed by atoms with van der Waals surface area (Å²) in [5, 5.41) is 11.9. The van der Waals surface area contributed by atoms with Crippen LogP contribution in [0.3, 0.4) is 0 Å². The largest absolute Gasteiger partial charge is 0.396 e. The molecule has 0 radical (unpaired) electrons. The molecule has 0 saturated heterocycles. The lowest BCUT2D eigenvalue weighted by Crippen LogP contribution is -2.31. The topological polar surface area (TPSA) is 48.4 Å². The van der Waals surface area contributed by atoms with E-state index in [4.69, 9.17) is 5.11 Å². The second-order valence-corrected chi connectivity index (χ2v) is 4.44. The molecule has 0 spiro atoms. The molecule has 0 aliphatic carbocycles. The van der Waals surface area contributed by atoms with Gasteiger partial charge in [0.25, 0.3) is 0 Å². The molecule has 96 valence electrons. The Hall–Kier alpha value is -1.13. The molecular formula is C13H23N3O. The van der Waals surface area contributed by atoms with Crippen molar-refractivity contribution in [2.75, 3.05) is 25.5 Å². The highest BCUT2D eigenvalue weighted by atomic mass is 16.3. The van der Waals surface area contributed by atoms with E-state index in [0.29, 0.717) is 6.04 Å². The van der Waals surface area contributed by atoms with E-state index in [1.54, 1.807) is 0 Å². The van der Waals surface area contributed by atoms with Crippen LogP contribution in [0.1, 0.15) is 25.8 Å². The van der Waals surface area contributed by atoms with Crippen molar-refractivity contribution in [3.05, 3.63) is 23.9 Å². The Morgan fingerprint density at radius 2 is 2.24 bits per heavy atom. The van der Waals surface area contributed by atoms with Gasteiger partial charge in [0.05, 0.1) is 0 Å². The number of aromatic nitrogens is 1. The third-order valence-corrected chi connectivity index (χ3v) is 2.80. The second-order valence-electron chi connectivity index (χ2n) is 4.44. The molecule has 2 N–H and O–H groups in total. The zero-order chi connectivity index (χ0) is 12.7. The first kappa shape index (κ1) is 13.9. The van der Waals surface area contributed by atoms with Gasteiger partial charge in [0.15, 0.2) is 0 Å². The molecule has 0 amide bonds. The Balaban J connectivity index is 2.64. The minimum Gasteiger partial charge on any atom is -0.396 e. The molecule has 1 heterocycles. The molecular weight excluding hydrogens is 214 g/mol. The molecule has 0 unspecified atom stereocenters. The molecule has 0 atom stereocenters. The predicted octanol–water partition coefficient (Wildman–Crippen LogP) is 1.72. The predicted molar refractivity (Wildman–Crippen MR) is 71.0 cm³/mol. The van der Waals surface area contributed by atoms with Gasteiger partial charge in [-0.1, -0.05) is 0 Å². The lowest BCUT2D eigenvalue weighted by Gasteiger charge is -2.26. The standard InChI is InChI=1S/C13H23N3O/c1-11(2)16(7-4-8-17)10-12-5-6-15-13(9-12)14-3/h5-6,9,11,17H,4,7-8,10H2,1-3H3,(H,14,15). The third kappa shape index (κ3) is 4.71. The van der Waals surface area contributed by atoms with Crippen LogP contribution in [-0.2, 0) is 6.54 Å². The third-order valence-electron chi connectivity index (χ3n) is 2.80. The number of anilines is 1. The molecule has 0 fully saturated rings. The van der Waals surface area contributed by atoms with Gasteiger partial charge in [-0.3, -0.25) is 4.90 Å². The van der Waals surface area contributed by atoms with Crippen molar-refractivity contribution in [3.63, 3.8) is 0 Å². The van der Waals surface area contributed by atoms with E-state index in [9.17, 15) is 0 Å². The molecule has 1 rings (SSSR count). The molecule has 1 aromatic heterocycles. The van der Waals surface area contributed by atoms with E-state index in [-0.39, 0.29) is 6.61 Å². The molecule has 17 heavy (non-hydrogen) atoms. The summed E-state index contributed by atoms with van der Waals surface area (Å²) in [6, 6.07) is 4.58. The summed E-state index contributed by atoms with van der Waals surface area (Å²) >= 11 is 0. The van der Waals surface area contributed by atoms with Gasteiger partial charge in [-0.25, -0.2) is 4.98 Å². The zero-order valence-corrected chi connectivity index (χ0v) is 11.0. The van der Waals surface area contributed by atoms with Crippen molar-refractivity contribution in [2.24, 2.45) is 0 Å². The van der Waals surface area contributed by atoms with E-state index in [1.807, 2.05) is 19.3 Å². The van der Waals surface area contributed by atoms with Gasteiger partial charge < -0.3 is 10.4 Å². The molecule has 0 aliphatic heterocycles. The van der Waals surface area contributed by atoms with Crippen LogP contribution in [0, 0.1) is 0 Å². The first-order chi connectivity index (χ1) is 8.17. The van der Waals surface area contributed by atoms with Gasteiger partial charge in [-0.15, -0.1) is 0 Å². The maximum absolute atomic E-state index is 8.90. The molecule has 1 aromatic rings. The molecule has 0 bridgehead atoms. The average Bonchev–Trinajstić information content (AvgIpc) is 2.34. The lowest BCUT2D eigenvalue weighted by atomic mass is 10.2. The van der Waals surface area contributed by atoms with Gasteiger partial charge in [0, 0.05) is 39.0 Å². The number of aliphatic hydroxyl groups excluding tert-OH is 1. The number of nitrogens with zero attached hydrogens (tertiary/aromatic N) is 2. The Morgan fingerprint density at radius 1 is 1.47 bits per heavy atom. The Bertz CT molecular complexity index is 328. The summed E-state index contributed by atoms with van der Waals surface area (Å²) in [4.78, 5) is 6.55. The van der Waals surface area contributed by atoms with Crippen LogP contribution in [0.4, 0.5) is 5.82 Å². The van der Waals surface area contributed by atoms with Crippen LogP contribution in [0.25, 0.3) is 0 Å². The maximum atomic E-state index is 8.90. The van der Waals surface area contributed by atoms with Gasteiger partial charge in [-0.05, 0) is 38.0 Å². The van der Waals surface area contributed by atoms with Crippen LogP contribution < -0.4 is 5.32 Å². The van der Waals surface area contributed by atoms with Gasteiger partial charge in [-0.2, -0.15) is 0 Å². The van der Waals surface area contributed by atoms with Crippen molar-refractivity contribution in [2.45, 2.75) is 32.9 Å². The Labute approximate surface area is 104 Å². The van der Waals surface area contributed by atoms with Crippen LogP contribution in [0.15, 0.2) is 18.3 Å². The van der Waals surface area contributed by atoms with Crippen LogP contribution in [0.2, 0.25) is 0 Å². The highest BCUT2D eigenvalue weighted by Gasteiger charge is 2.09. The zero-order valence-electron chi connectivity index (χ0n) is 11.0. The fourth-order valence-corrected chi connectivity index (χ4v) is 1.74. The Morgan fingerprint density at radius 3 is 2.82 bits per heavy atom. The lowest BCUT2D eigenvalue weighted by molar-refractivity contribution is 0.185. The first-order valence-corrected chi connectivity index (χ1v) is 6.15. The first-order valence-electron chi connectivity index (χ1n) is 6.15. The van der Waals surface area contributed by atoms with Crippen molar-refractivity contribution in [1.82, 2.24) is 9.88 Å². The van der Waals surface area contributed by atoms with Crippen molar-refractivity contribution in [3.8, 4) is 0 Å². The quantitative estimate of drug-likeness (QED) is 0.758. The normalized spacial score (nSPS) is 11.2. The smallest absolute Gasteiger partial charge is 0.125 e. The number of hydrogen-bond acceptors (Lipinski definition) is 4. The summed E-state index contributed by atoms with van der Waals surface area (Å²) in [6.45, 7) is 6.43. The van der Waals surface area contributed by atoms with E-state index in [0.717, 1.165) is 25.3 Å². The summed E-state index contributed by atoms with van der Waals surface area (Å²) < 4.78 is 0. The molecule has 0 saturated carbocycles. The van der Waals surface area contributed by atoms with Crippen LogP contribution in [-0.4, -0.2) is 41.2 Å². The molecule has 0 aromatic carbocycles. The number of nitrogens with one attached hydrogen (secondary N) is 1. The number of rotatable bonds is 7. The Kier molecular flexibility index (Phi) is 5.94. The second kappa shape index (κ2) is 7.25. The van der Waals surface area contributed by atoms with Crippen LogP contribution in [0.5, 0.6) is 0 Å². The van der Waals surface area contributed by atoms with Gasteiger partial charge in [0.1, 0.15) is 5.82 Å². The number of pyridine rings is 1. The minimum atomic E-state index is 0.251. The monoisotopic (exact) mass is 237 g/mol. The number of hydrogen-bond donors (Lipinski definition) is 2. The summed E-state index contributed by atoms with van der Waals surface area (Å²) in [5.41, 5.74) is 1.25. The van der Waals surface area contributed by atoms with E-state index >= 15 is 0 Å². The highest BCUT2D eigenvalue weighted by molar-refractivity contribution is 5.36. The fourth-order valence-electron chi connectivity index (χ4n) is 1.74. The van der Waals surface area contributed by atoms with E-state index in [2.05, 4.69) is 35.1 Å². The number of aliphatic hydroxyl groups is 1. The van der Waals surface area contributed by atoms with E-state index < -0.39 is 0 Å². The highest BCUT2D eigenvalue weighted by Crippen LogP contribution is 2.11. The average molecular weight is 237 g/mol. The molecule has 4 heteroatoms. The molecule has 4 nitrogen and oxygen atoms in total. The van der Waals surface area contributed by atoms with Crippen molar-refractivity contribution in [1.29, 1.82) is 0 Å². The van der Waals surface area contributed by atoms with Gasteiger partial charge >= 0.3 is 0 Å². The van der Waals surface area contributed by atoms with Crippen molar-refractivity contribution >= 4 is 5.82 Å². The maximum Gasteiger partial charge on any atom is 0.125 e. The summed E-state index contributed by atoms with van der Waals surface area (Å²) in [7, 11) is 1.87. The molecule has 0 aliphatic rings. The van der Waals surface area contributed by atoms with Crippen LogP contribution >= 0.6 is 0 Å². The minimum absolute atomic E-state index is 0.251. The SMILES string of the molecule is CNc1cc(CN(CCCO)C(C)C)ccn1.